The van der Waals surface area contributed by atoms with Gasteiger partial charge >= 0.3 is 0 Å². The van der Waals surface area contributed by atoms with Crippen LogP contribution < -0.4 is 5.32 Å². The minimum Gasteiger partial charge on any atom is -0.314 e. The number of nitrogens with zero attached hydrogens (tertiary/aromatic N) is 1. The van der Waals surface area contributed by atoms with Gasteiger partial charge in [0.25, 0.3) is 0 Å². The fourth-order valence-electron chi connectivity index (χ4n) is 3.47. The highest BCUT2D eigenvalue weighted by Gasteiger charge is 2.15. The molecule has 1 aromatic carbocycles. The van der Waals surface area contributed by atoms with Gasteiger partial charge in [0.2, 0.25) is 0 Å². The Morgan fingerprint density at radius 3 is 2.95 bits per heavy atom. The first-order valence-corrected chi connectivity index (χ1v) is 8.39. The van der Waals surface area contributed by atoms with Gasteiger partial charge < -0.3 is 5.32 Å². The number of fused-ring (bicyclic) bond motifs is 1. The van der Waals surface area contributed by atoms with Gasteiger partial charge in [-0.15, -0.1) is 0 Å². The molecule has 2 nitrogen and oxygen atoms in total. The van der Waals surface area contributed by atoms with E-state index in [-0.39, 0.29) is 0 Å². The first kappa shape index (κ1) is 14.5. The maximum Gasteiger partial charge on any atom is 0.0734 e. The molecule has 1 N–H and O–H groups in total. The molecular weight excluding hydrogens is 256 g/mol. The second kappa shape index (κ2) is 7.04. The van der Waals surface area contributed by atoms with Crippen molar-refractivity contribution >= 4 is 10.9 Å². The van der Waals surface area contributed by atoms with E-state index in [0.29, 0.717) is 0 Å². The van der Waals surface area contributed by atoms with Crippen LogP contribution in [0.4, 0.5) is 0 Å². The van der Waals surface area contributed by atoms with Crippen molar-refractivity contribution in [3.8, 4) is 0 Å². The second-order valence-corrected chi connectivity index (χ2v) is 6.51. The zero-order chi connectivity index (χ0) is 14.5. The first-order chi connectivity index (χ1) is 10.3. The van der Waals surface area contributed by atoms with Gasteiger partial charge in [0, 0.05) is 17.6 Å². The lowest BCUT2D eigenvalue weighted by Crippen LogP contribution is -2.30. The van der Waals surface area contributed by atoms with Crippen molar-refractivity contribution in [1.29, 1.82) is 0 Å². The largest absolute Gasteiger partial charge is 0.314 e. The SMILES string of the molecule is CC1CCCC(NCCc2cccc3cccnc23)CC1. The minimum absolute atomic E-state index is 0.720. The Hall–Kier alpha value is -1.41. The van der Waals surface area contributed by atoms with E-state index in [1.54, 1.807) is 0 Å². The summed E-state index contributed by atoms with van der Waals surface area (Å²) in [5.41, 5.74) is 2.53. The van der Waals surface area contributed by atoms with Crippen LogP contribution in [0, 0.1) is 5.92 Å². The number of hydrogen-bond donors (Lipinski definition) is 1. The van der Waals surface area contributed by atoms with Gasteiger partial charge in [0.15, 0.2) is 0 Å². The number of benzene rings is 1. The van der Waals surface area contributed by atoms with E-state index in [4.69, 9.17) is 0 Å². The summed E-state index contributed by atoms with van der Waals surface area (Å²) in [6.07, 6.45) is 9.83. The summed E-state index contributed by atoms with van der Waals surface area (Å²) >= 11 is 0. The van der Waals surface area contributed by atoms with Crippen molar-refractivity contribution in [3.63, 3.8) is 0 Å². The van der Waals surface area contributed by atoms with Crippen molar-refractivity contribution in [2.45, 2.75) is 51.5 Å². The summed E-state index contributed by atoms with van der Waals surface area (Å²) in [5.74, 6) is 0.916. The van der Waals surface area contributed by atoms with Crippen LogP contribution in [0.15, 0.2) is 36.5 Å². The summed E-state index contributed by atoms with van der Waals surface area (Å²) < 4.78 is 0. The number of aromatic nitrogens is 1. The van der Waals surface area contributed by atoms with E-state index in [2.05, 4.69) is 41.5 Å². The monoisotopic (exact) mass is 282 g/mol. The Morgan fingerprint density at radius 1 is 1.10 bits per heavy atom. The van der Waals surface area contributed by atoms with E-state index in [9.17, 15) is 0 Å². The van der Waals surface area contributed by atoms with Gasteiger partial charge in [-0.25, -0.2) is 0 Å². The number of rotatable bonds is 4. The molecule has 1 saturated carbocycles. The molecule has 0 amide bonds. The summed E-state index contributed by atoms with van der Waals surface area (Å²) in [7, 11) is 0. The summed E-state index contributed by atoms with van der Waals surface area (Å²) in [5, 5.41) is 5.02. The van der Waals surface area contributed by atoms with Crippen LogP contribution >= 0.6 is 0 Å². The van der Waals surface area contributed by atoms with Crippen LogP contribution in [0.5, 0.6) is 0 Å². The van der Waals surface area contributed by atoms with E-state index in [0.717, 1.165) is 30.4 Å². The highest BCUT2D eigenvalue weighted by molar-refractivity contribution is 5.81. The number of hydrogen-bond acceptors (Lipinski definition) is 2. The van der Waals surface area contributed by atoms with Gasteiger partial charge in [-0.2, -0.15) is 0 Å². The van der Waals surface area contributed by atoms with Crippen LogP contribution in [-0.2, 0) is 6.42 Å². The standard InChI is InChI=1S/C19H26N2/c1-15-5-2-9-18(11-10-15)20-14-12-17-7-3-6-16-8-4-13-21-19(16)17/h3-4,6-8,13,15,18,20H,2,5,9-12,14H2,1H3. The molecule has 1 aromatic heterocycles. The van der Waals surface area contributed by atoms with Crippen molar-refractivity contribution in [3.05, 3.63) is 42.1 Å². The molecule has 2 aromatic rings. The van der Waals surface area contributed by atoms with E-state index < -0.39 is 0 Å². The topological polar surface area (TPSA) is 24.9 Å². The lowest BCUT2D eigenvalue weighted by Gasteiger charge is -2.16. The highest BCUT2D eigenvalue weighted by atomic mass is 14.9. The average Bonchev–Trinajstić information content (AvgIpc) is 2.72. The van der Waals surface area contributed by atoms with Crippen molar-refractivity contribution in [2.24, 2.45) is 5.92 Å². The molecule has 0 bridgehead atoms. The Labute approximate surface area is 128 Å². The van der Waals surface area contributed by atoms with Crippen LogP contribution in [0.2, 0.25) is 0 Å². The van der Waals surface area contributed by atoms with Gasteiger partial charge in [0.1, 0.15) is 0 Å². The Kier molecular flexibility index (Phi) is 4.87. The summed E-state index contributed by atoms with van der Waals surface area (Å²) in [6.45, 7) is 3.46. The Morgan fingerprint density at radius 2 is 2.00 bits per heavy atom. The third-order valence-electron chi connectivity index (χ3n) is 4.80. The number of para-hydroxylation sites is 1. The lowest BCUT2D eigenvalue weighted by atomic mass is 10.0. The maximum atomic E-state index is 4.54. The number of nitrogens with one attached hydrogen (secondary N) is 1. The molecule has 1 aliphatic carbocycles. The van der Waals surface area contributed by atoms with E-state index in [1.807, 2.05) is 12.3 Å². The molecule has 21 heavy (non-hydrogen) atoms. The molecule has 1 heterocycles. The minimum atomic E-state index is 0.720. The van der Waals surface area contributed by atoms with Gasteiger partial charge in [-0.05, 0) is 49.8 Å². The van der Waals surface area contributed by atoms with Crippen LogP contribution in [0.3, 0.4) is 0 Å². The molecule has 3 rings (SSSR count). The molecule has 0 saturated heterocycles. The quantitative estimate of drug-likeness (QED) is 0.844. The Bertz CT molecular complexity index is 573. The first-order valence-electron chi connectivity index (χ1n) is 8.39. The maximum absolute atomic E-state index is 4.54. The van der Waals surface area contributed by atoms with Gasteiger partial charge in [-0.1, -0.05) is 44.0 Å². The van der Waals surface area contributed by atoms with Crippen molar-refractivity contribution in [2.75, 3.05) is 6.54 Å². The third-order valence-corrected chi connectivity index (χ3v) is 4.80. The third kappa shape index (κ3) is 3.82. The average molecular weight is 282 g/mol. The fraction of sp³-hybridized carbons (Fsp3) is 0.526. The van der Waals surface area contributed by atoms with E-state index in [1.165, 1.54) is 43.1 Å². The van der Waals surface area contributed by atoms with Crippen molar-refractivity contribution < 1.29 is 0 Å². The van der Waals surface area contributed by atoms with Gasteiger partial charge in [-0.3, -0.25) is 4.98 Å². The van der Waals surface area contributed by atoms with Gasteiger partial charge in [0.05, 0.1) is 5.52 Å². The lowest BCUT2D eigenvalue weighted by molar-refractivity contribution is 0.451. The van der Waals surface area contributed by atoms with Crippen LogP contribution in [-0.4, -0.2) is 17.6 Å². The van der Waals surface area contributed by atoms with Crippen molar-refractivity contribution in [1.82, 2.24) is 10.3 Å². The summed E-state index contributed by atoms with van der Waals surface area (Å²) in [6, 6.07) is 11.4. The molecule has 0 radical (unpaired) electrons. The fourth-order valence-corrected chi connectivity index (χ4v) is 3.47. The van der Waals surface area contributed by atoms with Crippen LogP contribution in [0.25, 0.3) is 10.9 Å². The van der Waals surface area contributed by atoms with Crippen LogP contribution in [0.1, 0.15) is 44.6 Å². The number of pyridine rings is 1. The molecule has 112 valence electrons. The van der Waals surface area contributed by atoms with E-state index >= 15 is 0 Å². The highest BCUT2D eigenvalue weighted by Crippen LogP contribution is 2.22. The predicted octanol–water partition coefficient (Wildman–Crippen LogP) is 4.34. The smallest absolute Gasteiger partial charge is 0.0734 e. The molecule has 2 heteroatoms. The molecule has 0 aliphatic heterocycles. The molecule has 1 fully saturated rings. The molecule has 0 spiro atoms. The zero-order valence-electron chi connectivity index (χ0n) is 13.0. The summed E-state index contributed by atoms with van der Waals surface area (Å²) in [4.78, 5) is 4.54. The molecule has 2 atom stereocenters. The predicted molar refractivity (Wildman–Crippen MR) is 89.5 cm³/mol. The molecule has 2 unspecified atom stereocenters. The second-order valence-electron chi connectivity index (χ2n) is 6.51. The Balaban J connectivity index is 1.57. The molecule has 1 aliphatic rings. The normalized spacial score (nSPS) is 23.1. The molecular formula is C19H26N2. The zero-order valence-corrected chi connectivity index (χ0v) is 13.0.